The van der Waals surface area contributed by atoms with E-state index < -0.39 is 11.1 Å². The third kappa shape index (κ3) is 2.95. The van der Waals surface area contributed by atoms with E-state index in [1.165, 1.54) is 15.3 Å². The molecule has 2 rings (SSSR count). The Morgan fingerprint density at radius 1 is 1.05 bits per heavy atom. The van der Waals surface area contributed by atoms with Crippen molar-refractivity contribution in [3.63, 3.8) is 0 Å². The Morgan fingerprint density at radius 3 is 2.26 bits per heavy atom. The molecule has 96 valence electrons. The summed E-state index contributed by atoms with van der Waals surface area (Å²) in [5.41, 5.74) is -0.317. The van der Waals surface area contributed by atoms with Crippen molar-refractivity contribution in [1.82, 2.24) is 9.13 Å². The maximum atomic E-state index is 11.9. The van der Waals surface area contributed by atoms with Gasteiger partial charge < -0.3 is 4.57 Å². The normalized spacial score (nSPS) is 10.1. The smallest absolute Gasteiger partial charge is 0.305 e. The molecule has 0 fully saturated rings. The van der Waals surface area contributed by atoms with Crippen molar-refractivity contribution in [3.05, 3.63) is 68.0 Å². The van der Waals surface area contributed by atoms with Crippen molar-refractivity contribution < 1.29 is 0 Å². The Bertz CT molecular complexity index is 736. The summed E-state index contributed by atoms with van der Waals surface area (Å²) >= 11 is 5.79. The molecule has 1 aromatic carbocycles. The van der Waals surface area contributed by atoms with Gasteiger partial charge in [0, 0.05) is 17.4 Å². The minimum atomic E-state index is -0.616. The number of terminal acetylenes is 1. The van der Waals surface area contributed by atoms with E-state index in [-0.39, 0.29) is 6.54 Å². The van der Waals surface area contributed by atoms with Gasteiger partial charge in [-0.05, 0) is 17.7 Å². The van der Waals surface area contributed by atoms with Gasteiger partial charge in [-0.15, -0.1) is 6.42 Å². The van der Waals surface area contributed by atoms with Crippen molar-refractivity contribution in [2.24, 2.45) is 0 Å². The Hall–Kier alpha value is -2.25. The van der Waals surface area contributed by atoms with Gasteiger partial charge in [0.25, 0.3) is 0 Å². The van der Waals surface area contributed by atoms with E-state index in [1.54, 1.807) is 18.3 Å². The molecule has 0 aliphatic rings. The van der Waals surface area contributed by atoms with Crippen LogP contribution in [0.4, 0.5) is 0 Å². The first kappa shape index (κ1) is 13.2. The molecule has 0 N–H and O–H groups in total. The average Bonchev–Trinajstić information content (AvgIpc) is 2.41. The summed E-state index contributed by atoms with van der Waals surface area (Å²) in [7, 11) is 0. The number of rotatable bonds is 3. The van der Waals surface area contributed by atoms with Crippen molar-refractivity contribution in [1.29, 1.82) is 0 Å². The van der Waals surface area contributed by atoms with E-state index in [2.05, 4.69) is 5.92 Å². The van der Waals surface area contributed by atoms with Gasteiger partial charge in [-0.3, -0.25) is 14.2 Å². The predicted molar refractivity (Wildman–Crippen MR) is 74.3 cm³/mol. The summed E-state index contributed by atoms with van der Waals surface area (Å²) in [6, 6.07) is 7.09. The fraction of sp³-hybridized carbons (Fsp3) is 0.143. The van der Waals surface area contributed by atoms with Crippen LogP contribution < -0.4 is 11.1 Å². The third-order valence-electron chi connectivity index (χ3n) is 2.66. The molecule has 0 atom stereocenters. The first-order valence-electron chi connectivity index (χ1n) is 5.59. The summed E-state index contributed by atoms with van der Waals surface area (Å²) in [5.74, 6) is 2.33. The molecule has 5 heteroatoms. The van der Waals surface area contributed by atoms with Crippen LogP contribution in [0.2, 0.25) is 5.02 Å². The molecule has 1 heterocycles. The number of hydrogen-bond donors (Lipinski definition) is 0. The highest BCUT2D eigenvalue weighted by Gasteiger charge is 2.04. The lowest BCUT2D eigenvalue weighted by Gasteiger charge is -2.07. The predicted octanol–water partition coefficient (Wildman–Crippen LogP) is 1.34. The summed E-state index contributed by atoms with van der Waals surface area (Å²) < 4.78 is 2.55. The van der Waals surface area contributed by atoms with E-state index >= 15 is 0 Å². The zero-order chi connectivity index (χ0) is 13.8. The molecule has 0 aliphatic heterocycles. The lowest BCUT2D eigenvalue weighted by molar-refractivity contribution is 0.678. The molecule has 2 aromatic rings. The van der Waals surface area contributed by atoms with Gasteiger partial charge in [0.15, 0.2) is 0 Å². The van der Waals surface area contributed by atoms with Gasteiger partial charge >= 0.3 is 11.1 Å². The molecule has 19 heavy (non-hydrogen) atoms. The highest BCUT2D eigenvalue weighted by atomic mass is 35.5. The number of benzene rings is 1. The first-order valence-corrected chi connectivity index (χ1v) is 5.97. The largest absolute Gasteiger partial charge is 0.317 e. The quantitative estimate of drug-likeness (QED) is 0.626. The topological polar surface area (TPSA) is 44.0 Å². The number of nitrogens with zero attached hydrogens (tertiary/aromatic N) is 2. The molecule has 0 saturated carbocycles. The molecule has 0 saturated heterocycles. The molecule has 0 aliphatic carbocycles. The van der Waals surface area contributed by atoms with E-state index in [9.17, 15) is 9.59 Å². The van der Waals surface area contributed by atoms with E-state index in [1.807, 2.05) is 12.1 Å². The van der Waals surface area contributed by atoms with Crippen LogP contribution in [0.1, 0.15) is 5.56 Å². The standard InChI is InChI=1S/C14H11ClN2O2/c1-2-7-16-8-9-17(14(19)13(16)18)10-11-3-5-12(15)6-4-11/h1,3-6,8-9H,7,10H2. The lowest BCUT2D eigenvalue weighted by atomic mass is 10.2. The zero-order valence-electron chi connectivity index (χ0n) is 10.0. The van der Waals surface area contributed by atoms with E-state index in [0.29, 0.717) is 11.6 Å². The summed E-state index contributed by atoms with van der Waals surface area (Å²) in [5, 5.41) is 0.625. The molecule has 4 nitrogen and oxygen atoms in total. The Balaban J connectivity index is 2.35. The minimum Gasteiger partial charge on any atom is -0.305 e. The zero-order valence-corrected chi connectivity index (χ0v) is 10.8. The van der Waals surface area contributed by atoms with Crippen LogP contribution in [0, 0.1) is 12.3 Å². The van der Waals surface area contributed by atoms with Crippen LogP contribution in [0.3, 0.4) is 0 Å². The Labute approximate surface area is 114 Å². The maximum Gasteiger partial charge on any atom is 0.317 e. The van der Waals surface area contributed by atoms with E-state index in [4.69, 9.17) is 18.0 Å². The molecule has 0 bridgehead atoms. The maximum absolute atomic E-state index is 11.9. The second-order valence-corrected chi connectivity index (χ2v) is 4.43. The summed E-state index contributed by atoms with van der Waals surface area (Å²) in [4.78, 5) is 23.6. The van der Waals surface area contributed by atoms with Gasteiger partial charge in [-0.2, -0.15) is 0 Å². The molecule has 1 aromatic heterocycles. The van der Waals surface area contributed by atoms with E-state index in [0.717, 1.165) is 5.56 Å². The van der Waals surface area contributed by atoms with Crippen molar-refractivity contribution >= 4 is 11.6 Å². The lowest BCUT2D eigenvalue weighted by Crippen LogP contribution is -2.40. The number of hydrogen-bond acceptors (Lipinski definition) is 2. The molecule has 0 amide bonds. The van der Waals surface area contributed by atoms with Crippen molar-refractivity contribution in [2.45, 2.75) is 13.1 Å². The summed E-state index contributed by atoms with van der Waals surface area (Å²) in [6.07, 6.45) is 8.19. The first-order chi connectivity index (χ1) is 9.11. The molecule has 0 unspecified atom stereocenters. The minimum absolute atomic E-state index is 0.0931. The highest BCUT2D eigenvalue weighted by molar-refractivity contribution is 6.30. The Kier molecular flexibility index (Phi) is 3.88. The molecular weight excluding hydrogens is 264 g/mol. The van der Waals surface area contributed by atoms with Crippen LogP contribution in [0.5, 0.6) is 0 Å². The van der Waals surface area contributed by atoms with Gasteiger partial charge in [0.1, 0.15) is 0 Å². The van der Waals surface area contributed by atoms with Gasteiger partial charge in [-0.1, -0.05) is 29.7 Å². The SMILES string of the molecule is C#CCn1ccn(Cc2ccc(Cl)cc2)c(=O)c1=O. The van der Waals surface area contributed by atoms with Crippen LogP contribution in [0.25, 0.3) is 0 Å². The number of aromatic nitrogens is 2. The monoisotopic (exact) mass is 274 g/mol. The van der Waals surface area contributed by atoms with Crippen LogP contribution in [-0.4, -0.2) is 9.13 Å². The highest BCUT2D eigenvalue weighted by Crippen LogP contribution is 2.09. The van der Waals surface area contributed by atoms with Crippen molar-refractivity contribution in [3.8, 4) is 12.3 Å². The van der Waals surface area contributed by atoms with Gasteiger partial charge in [0.2, 0.25) is 0 Å². The van der Waals surface area contributed by atoms with Gasteiger partial charge in [0.05, 0.1) is 13.1 Å². The molecule has 0 spiro atoms. The summed E-state index contributed by atoms with van der Waals surface area (Å²) in [6.45, 7) is 0.415. The fourth-order valence-corrected chi connectivity index (χ4v) is 1.80. The third-order valence-corrected chi connectivity index (χ3v) is 2.91. The van der Waals surface area contributed by atoms with Gasteiger partial charge in [-0.25, -0.2) is 0 Å². The second kappa shape index (κ2) is 5.59. The molecular formula is C14H11ClN2O2. The Morgan fingerprint density at radius 2 is 1.63 bits per heavy atom. The average molecular weight is 275 g/mol. The van der Waals surface area contributed by atoms with Crippen LogP contribution in [-0.2, 0) is 13.1 Å². The van der Waals surface area contributed by atoms with Crippen LogP contribution in [0.15, 0.2) is 46.2 Å². The second-order valence-electron chi connectivity index (χ2n) is 3.99. The number of halogens is 1. The molecule has 0 radical (unpaired) electrons. The van der Waals surface area contributed by atoms with Crippen LogP contribution >= 0.6 is 11.6 Å². The fourth-order valence-electron chi connectivity index (χ4n) is 1.68. The van der Waals surface area contributed by atoms with Crippen molar-refractivity contribution in [2.75, 3.05) is 0 Å².